The maximum atomic E-state index is 15.3. The molecule has 0 aromatic heterocycles. The fraction of sp³-hybridized carbons (Fsp3) is 0.881. The summed E-state index contributed by atoms with van der Waals surface area (Å²) in [5.74, 6) is 1.08. The number of amides is 3. The molecule has 0 aromatic rings. The van der Waals surface area contributed by atoms with Crippen molar-refractivity contribution < 1.29 is 33.7 Å². The first-order chi connectivity index (χ1) is 25.6. The van der Waals surface area contributed by atoms with Crippen molar-refractivity contribution in [2.75, 3.05) is 46.5 Å². The van der Waals surface area contributed by atoms with Crippen LogP contribution in [0.3, 0.4) is 0 Å². The molecule has 1 N–H and O–H groups in total. The van der Waals surface area contributed by atoms with Gasteiger partial charge in [0.25, 0.3) is 5.91 Å². The van der Waals surface area contributed by atoms with E-state index in [-0.39, 0.29) is 54.5 Å². The van der Waals surface area contributed by atoms with Crippen LogP contribution in [0.2, 0.25) is 24.2 Å². The van der Waals surface area contributed by atoms with E-state index in [1.54, 1.807) is 0 Å². The molecule has 298 valence electrons. The lowest BCUT2D eigenvalue weighted by atomic mass is 9.78. The van der Waals surface area contributed by atoms with Crippen LogP contribution in [0.15, 0.2) is 11.3 Å². The Morgan fingerprint density at radius 2 is 1.66 bits per heavy atom. The Bertz CT molecular complexity index is 1350. The van der Waals surface area contributed by atoms with Gasteiger partial charge in [0.05, 0.1) is 39.9 Å². The Morgan fingerprint density at radius 1 is 0.943 bits per heavy atom. The zero-order chi connectivity index (χ0) is 37.3. The molecule has 1 spiro atoms. The number of allylic oxidation sites excluding steroid dienone is 1. The molecule has 7 aliphatic rings. The van der Waals surface area contributed by atoms with Gasteiger partial charge in [0, 0.05) is 44.4 Å². The minimum Gasteiger partial charge on any atom is -0.448 e. The summed E-state index contributed by atoms with van der Waals surface area (Å²) in [5, 5.41) is 10.1. The van der Waals surface area contributed by atoms with Gasteiger partial charge in [-0.2, -0.15) is 0 Å². The van der Waals surface area contributed by atoms with Crippen molar-refractivity contribution in [3.8, 4) is 0 Å². The van der Waals surface area contributed by atoms with Gasteiger partial charge in [-0.05, 0) is 106 Å². The van der Waals surface area contributed by atoms with E-state index < -0.39 is 13.7 Å². The van der Waals surface area contributed by atoms with Crippen LogP contribution < -0.4 is 0 Å². The van der Waals surface area contributed by atoms with Crippen LogP contribution in [0.4, 0.5) is 4.79 Å². The lowest BCUT2D eigenvalue weighted by Gasteiger charge is -2.45. The molecule has 0 aromatic carbocycles. The van der Waals surface area contributed by atoms with Crippen molar-refractivity contribution in [1.29, 1.82) is 0 Å². The number of ether oxygens (including phenoxy) is 3. The SMILES string of the molecule is COC1CCC([Si](C)(C)[C@H]2[C@H](CC(=O)N(CCO)CC3CCCCC3)O[C@@]3(C(=O)N(CC4CCC(N5CCOC5=O)CC4)C4=C3CCCC4)[C@@H]2C)CC1. The summed E-state index contributed by atoms with van der Waals surface area (Å²) in [6.45, 7) is 10.3. The molecule has 3 saturated carbocycles. The van der Waals surface area contributed by atoms with E-state index >= 15 is 4.79 Å². The zero-order valence-electron chi connectivity index (χ0n) is 33.3. The van der Waals surface area contributed by atoms with Gasteiger partial charge in [-0.15, -0.1) is 0 Å². The van der Waals surface area contributed by atoms with Crippen molar-refractivity contribution in [3.63, 3.8) is 0 Å². The highest BCUT2D eigenvalue weighted by Gasteiger charge is 2.67. The number of rotatable bonds is 12. The molecule has 53 heavy (non-hydrogen) atoms. The highest BCUT2D eigenvalue weighted by molar-refractivity contribution is 6.80. The molecule has 10 nitrogen and oxygen atoms in total. The van der Waals surface area contributed by atoms with Gasteiger partial charge in [0.2, 0.25) is 5.91 Å². The number of cyclic esters (lactones) is 1. The third-order valence-corrected chi connectivity index (χ3v) is 20.7. The van der Waals surface area contributed by atoms with E-state index in [1.165, 1.54) is 30.5 Å². The third kappa shape index (κ3) is 7.63. The summed E-state index contributed by atoms with van der Waals surface area (Å²) >= 11 is 0. The molecule has 7 rings (SSSR count). The highest BCUT2D eigenvalue weighted by atomic mass is 28.3. The Balaban J connectivity index is 1.15. The van der Waals surface area contributed by atoms with Gasteiger partial charge in [0.15, 0.2) is 5.60 Å². The number of nitrogens with zero attached hydrogens (tertiary/aromatic N) is 3. The molecule has 11 heteroatoms. The maximum absolute atomic E-state index is 15.3. The largest absolute Gasteiger partial charge is 0.448 e. The van der Waals surface area contributed by atoms with Crippen molar-refractivity contribution in [2.24, 2.45) is 17.8 Å². The molecule has 5 fully saturated rings. The number of methoxy groups -OCH3 is 1. The number of hydrogen-bond acceptors (Lipinski definition) is 7. The lowest BCUT2D eigenvalue weighted by molar-refractivity contribution is -0.152. The van der Waals surface area contributed by atoms with E-state index in [2.05, 4.69) is 24.9 Å². The van der Waals surface area contributed by atoms with Crippen LogP contribution >= 0.6 is 0 Å². The molecule has 0 bridgehead atoms. The van der Waals surface area contributed by atoms with Crippen LogP contribution in [0.1, 0.15) is 122 Å². The van der Waals surface area contributed by atoms with Gasteiger partial charge >= 0.3 is 6.09 Å². The number of fused-ring (bicyclic) bond motifs is 1. The quantitative estimate of drug-likeness (QED) is 0.209. The van der Waals surface area contributed by atoms with Crippen LogP contribution in [-0.2, 0) is 23.8 Å². The van der Waals surface area contributed by atoms with E-state index in [9.17, 15) is 14.7 Å². The molecule has 0 unspecified atom stereocenters. The number of aliphatic hydroxyl groups is 1. The predicted molar refractivity (Wildman–Crippen MR) is 207 cm³/mol. The fourth-order valence-electron chi connectivity index (χ4n) is 12.5. The van der Waals surface area contributed by atoms with Gasteiger partial charge in [-0.1, -0.05) is 52.1 Å². The Morgan fingerprint density at radius 3 is 2.32 bits per heavy atom. The standard InChI is InChI=1S/C42H69N3O7Si/c1-29-39(53(3,4)34-20-18-33(50-2)19-21-34)37(26-38(47)43(22-24-46)27-30-10-6-5-7-11-30)52-42(29)35-12-8-9-13-36(35)45(40(42)48)28-31-14-16-32(17-15-31)44-23-25-51-41(44)49/h29-34,37,39,46H,5-28H2,1-4H3/t29-,31?,32?,33?,34?,37+,39-,42+/m1/s1. The first kappa shape index (κ1) is 39.3. The summed E-state index contributed by atoms with van der Waals surface area (Å²) in [4.78, 5) is 48.0. The molecular weight excluding hydrogens is 687 g/mol. The topological polar surface area (TPSA) is 109 Å². The minimum atomic E-state index is -2.11. The normalized spacial score (nSPS) is 35.7. The van der Waals surface area contributed by atoms with Crippen LogP contribution in [0, 0.1) is 17.8 Å². The van der Waals surface area contributed by atoms with E-state index in [0.717, 1.165) is 89.9 Å². The summed E-state index contributed by atoms with van der Waals surface area (Å²) in [5.41, 5.74) is 2.18. The summed E-state index contributed by atoms with van der Waals surface area (Å²) in [6.07, 6.45) is 18.4. The first-order valence-corrected chi connectivity index (χ1v) is 24.8. The summed E-state index contributed by atoms with van der Waals surface area (Å²) in [7, 11) is -0.275. The van der Waals surface area contributed by atoms with Gasteiger partial charge in [-0.3, -0.25) is 9.59 Å². The van der Waals surface area contributed by atoms with Crippen molar-refractivity contribution in [3.05, 3.63) is 11.3 Å². The first-order valence-electron chi connectivity index (χ1n) is 21.7. The molecular formula is C42H69N3O7Si. The monoisotopic (exact) mass is 755 g/mol. The average molecular weight is 756 g/mol. The maximum Gasteiger partial charge on any atom is 0.410 e. The predicted octanol–water partition coefficient (Wildman–Crippen LogP) is 7.27. The molecule has 3 heterocycles. The van der Waals surface area contributed by atoms with Gasteiger partial charge < -0.3 is 34.0 Å². The molecule has 3 aliphatic heterocycles. The molecule has 2 saturated heterocycles. The van der Waals surface area contributed by atoms with Gasteiger partial charge in [-0.25, -0.2) is 4.79 Å². The van der Waals surface area contributed by atoms with E-state index in [4.69, 9.17) is 14.2 Å². The molecule has 0 radical (unpaired) electrons. The van der Waals surface area contributed by atoms with E-state index in [1.807, 2.05) is 16.9 Å². The third-order valence-electron chi connectivity index (χ3n) is 15.4. The van der Waals surface area contributed by atoms with Gasteiger partial charge in [0.1, 0.15) is 6.61 Å². The minimum absolute atomic E-state index is 0.00994. The fourth-order valence-corrected chi connectivity index (χ4v) is 17.5. The molecule has 4 atom stereocenters. The average Bonchev–Trinajstić information content (AvgIpc) is 3.81. The number of carbonyl (C=O) groups excluding carboxylic acids is 3. The number of hydrogen-bond donors (Lipinski definition) is 1. The van der Waals surface area contributed by atoms with Crippen LogP contribution in [0.25, 0.3) is 0 Å². The second kappa shape index (κ2) is 16.6. The van der Waals surface area contributed by atoms with Crippen molar-refractivity contribution >= 4 is 26.0 Å². The smallest absolute Gasteiger partial charge is 0.410 e. The molecule has 3 amide bonds. The highest BCUT2D eigenvalue weighted by Crippen LogP contribution is 2.61. The van der Waals surface area contributed by atoms with Crippen molar-refractivity contribution in [1.82, 2.24) is 14.7 Å². The Kier molecular flexibility index (Phi) is 12.3. The van der Waals surface area contributed by atoms with Crippen LogP contribution in [-0.4, -0.2) is 116 Å². The summed E-state index contributed by atoms with van der Waals surface area (Å²) < 4.78 is 18.5. The summed E-state index contributed by atoms with van der Waals surface area (Å²) in [6, 6.07) is 0.234. The van der Waals surface area contributed by atoms with Crippen molar-refractivity contribution in [2.45, 2.75) is 171 Å². The molecule has 4 aliphatic carbocycles. The van der Waals surface area contributed by atoms with Crippen LogP contribution in [0.5, 0.6) is 0 Å². The Hall–Kier alpha value is -1.95. The second-order valence-electron chi connectivity index (χ2n) is 18.5. The lowest BCUT2D eigenvalue weighted by Crippen LogP contribution is -2.51. The Labute approximate surface area is 319 Å². The second-order valence-corrected chi connectivity index (χ2v) is 23.7. The number of aliphatic hydroxyl groups excluding tert-OH is 1. The number of carbonyl (C=O) groups is 3. The van der Waals surface area contributed by atoms with E-state index in [0.29, 0.717) is 56.3 Å². The zero-order valence-corrected chi connectivity index (χ0v) is 34.3.